The number of nitrogens with zero attached hydrogens (tertiary/aromatic N) is 1. The van der Waals surface area contributed by atoms with Gasteiger partial charge in [-0.3, -0.25) is 0 Å². The normalized spacial score (nSPS) is 13.7. The third kappa shape index (κ3) is 3.87. The number of nitrogen functional groups attached to an aromatic ring is 1. The number of thioether (sulfide) groups is 1. The van der Waals surface area contributed by atoms with E-state index in [0.717, 1.165) is 16.6 Å². The van der Waals surface area contributed by atoms with Crippen molar-refractivity contribution < 1.29 is 8.42 Å². The topological polar surface area (TPSA) is 63.4 Å². The van der Waals surface area contributed by atoms with Crippen molar-refractivity contribution in [3.63, 3.8) is 0 Å². The van der Waals surface area contributed by atoms with Gasteiger partial charge in [0.2, 0.25) is 10.0 Å². The summed E-state index contributed by atoms with van der Waals surface area (Å²) in [6.07, 6.45) is 2.74. The quantitative estimate of drug-likeness (QED) is 0.786. The molecule has 0 aromatic heterocycles. The van der Waals surface area contributed by atoms with Crippen LogP contribution in [0.2, 0.25) is 0 Å². The van der Waals surface area contributed by atoms with Crippen molar-refractivity contribution in [3.05, 3.63) is 22.7 Å². The molecule has 0 saturated heterocycles. The largest absolute Gasteiger partial charge is 0.398 e. The summed E-state index contributed by atoms with van der Waals surface area (Å²) in [7, 11) is -1.93. The first kappa shape index (κ1) is 16.8. The Labute approximate surface area is 127 Å². The zero-order chi connectivity index (χ0) is 14.6. The molecule has 1 aromatic rings. The molecule has 0 bridgehead atoms. The van der Waals surface area contributed by atoms with Crippen molar-refractivity contribution in [2.24, 2.45) is 0 Å². The lowest BCUT2D eigenvalue weighted by atomic mass is 10.3. The van der Waals surface area contributed by atoms with Gasteiger partial charge in [0.25, 0.3) is 0 Å². The maximum atomic E-state index is 12.6. The van der Waals surface area contributed by atoms with Gasteiger partial charge in [-0.15, -0.1) is 0 Å². The molecule has 1 rings (SSSR count). The van der Waals surface area contributed by atoms with Gasteiger partial charge in [-0.05, 0) is 30.9 Å². The van der Waals surface area contributed by atoms with Crippen molar-refractivity contribution in [3.8, 4) is 0 Å². The predicted octanol–water partition coefficient (Wildman–Crippen LogP) is 2.79. The van der Waals surface area contributed by atoms with E-state index in [4.69, 9.17) is 5.73 Å². The molecule has 0 spiro atoms. The number of rotatable bonds is 6. The Hall–Kier alpha value is -0.240. The average molecular weight is 367 g/mol. The zero-order valence-electron chi connectivity index (χ0n) is 11.3. The number of halogens is 1. The lowest BCUT2D eigenvalue weighted by Crippen LogP contribution is -2.38. The van der Waals surface area contributed by atoms with Gasteiger partial charge < -0.3 is 5.73 Å². The van der Waals surface area contributed by atoms with Crippen LogP contribution in [0.5, 0.6) is 0 Å². The Morgan fingerprint density at radius 1 is 1.47 bits per heavy atom. The van der Waals surface area contributed by atoms with Crippen LogP contribution in [0, 0.1) is 0 Å². The lowest BCUT2D eigenvalue weighted by Gasteiger charge is -2.26. The fourth-order valence-electron chi connectivity index (χ4n) is 1.78. The molecule has 1 aromatic carbocycles. The second-order valence-electron chi connectivity index (χ2n) is 4.22. The molecule has 0 heterocycles. The van der Waals surface area contributed by atoms with Crippen LogP contribution in [-0.2, 0) is 10.0 Å². The smallest absolute Gasteiger partial charge is 0.245 e. The minimum absolute atomic E-state index is 0.0250. The summed E-state index contributed by atoms with van der Waals surface area (Å²) >= 11 is 4.91. The van der Waals surface area contributed by atoms with Crippen molar-refractivity contribution in [1.29, 1.82) is 0 Å². The van der Waals surface area contributed by atoms with E-state index in [1.54, 1.807) is 30.9 Å². The lowest BCUT2D eigenvalue weighted by molar-refractivity contribution is 0.385. The second kappa shape index (κ2) is 6.97. The Kier molecular flexibility index (Phi) is 6.16. The van der Waals surface area contributed by atoms with E-state index in [9.17, 15) is 8.42 Å². The molecule has 0 radical (unpaired) electrons. The van der Waals surface area contributed by atoms with Crippen LogP contribution < -0.4 is 5.73 Å². The summed E-state index contributed by atoms with van der Waals surface area (Å²) in [6, 6.07) is 4.81. The summed E-state index contributed by atoms with van der Waals surface area (Å²) < 4.78 is 27.3. The minimum Gasteiger partial charge on any atom is -0.398 e. The molecule has 108 valence electrons. The summed E-state index contributed by atoms with van der Waals surface area (Å²) in [5.74, 6) is 0.767. The molecule has 0 aliphatic heterocycles. The van der Waals surface area contributed by atoms with Gasteiger partial charge in [0.1, 0.15) is 4.90 Å². The fraction of sp³-hybridized carbons (Fsp3) is 0.500. The fourth-order valence-corrected chi connectivity index (χ4v) is 4.62. The van der Waals surface area contributed by atoms with Gasteiger partial charge >= 0.3 is 0 Å². The molecule has 0 amide bonds. The van der Waals surface area contributed by atoms with Gasteiger partial charge in [0, 0.05) is 23.3 Å². The minimum atomic E-state index is -3.55. The number of benzene rings is 1. The van der Waals surface area contributed by atoms with Gasteiger partial charge in [-0.1, -0.05) is 22.9 Å². The first-order valence-corrected chi connectivity index (χ1v) is 9.49. The first-order chi connectivity index (χ1) is 8.84. The third-order valence-corrected chi connectivity index (χ3v) is 6.17. The van der Waals surface area contributed by atoms with Crippen LogP contribution in [0.4, 0.5) is 5.69 Å². The summed E-state index contributed by atoms with van der Waals surface area (Å²) in [6.45, 7) is 1.98. The van der Waals surface area contributed by atoms with Gasteiger partial charge in [0.05, 0.1) is 5.69 Å². The SMILES string of the molecule is CCC(CSC)N(C)S(=O)(=O)c1ccc(Br)cc1N. The highest BCUT2D eigenvalue weighted by molar-refractivity contribution is 9.10. The van der Waals surface area contributed by atoms with E-state index >= 15 is 0 Å². The molecule has 7 heteroatoms. The Balaban J connectivity index is 3.15. The van der Waals surface area contributed by atoms with E-state index in [2.05, 4.69) is 15.9 Å². The molecule has 1 unspecified atom stereocenters. The summed E-state index contributed by atoms with van der Waals surface area (Å²) in [5.41, 5.74) is 6.08. The number of hydrogen-bond acceptors (Lipinski definition) is 4. The molecule has 0 aliphatic rings. The van der Waals surface area contributed by atoms with Crippen LogP contribution in [0.1, 0.15) is 13.3 Å². The van der Waals surface area contributed by atoms with Crippen LogP contribution in [0.25, 0.3) is 0 Å². The van der Waals surface area contributed by atoms with Crippen LogP contribution in [0.3, 0.4) is 0 Å². The van der Waals surface area contributed by atoms with Gasteiger partial charge in [-0.2, -0.15) is 16.1 Å². The third-order valence-electron chi connectivity index (χ3n) is 2.97. The summed E-state index contributed by atoms with van der Waals surface area (Å²) in [5, 5.41) is 0. The zero-order valence-corrected chi connectivity index (χ0v) is 14.5. The maximum Gasteiger partial charge on any atom is 0.245 e. The molecular weight excluding hydrogens is 348 g/mol. The number of sulfonamides is 1. The predicted molar refractivity (Wildman–Crippen MR) is 86.0 cm³/mol. The van der Waals surface area contributed by atoms with Gasteiger partial charge in [-0.25, -0.2) is 8.42 Å². The highest BCUT2D eigenvalue weighted by atomic mass is 79.9. The molecule has 2 N–H and O–H groups in total. The highest BCUT2D eigenvalue weighted by Gasteiger charge is 2.28. The first-order valence-electron chi connectivity index (χ1n) is 5.86. The number of anilines is 1. The van der Waals surface area contributed by atoms with E-state index in [-0.39, 0.29) is 16.6 Å². The second-order valence-corrected chi connectivity index (χ2v) is 8.01. The molecule has 19 heavy (non-hydrogen) atoms. The molecule has 0 aliphatic carbocycles. The van der Waals surface area contributed by atoms with Crippen LogP contribution in [0.15, 0.2) is 27.6 Å². The number of nitrogens with two attached hydrogens (primary N) is 1. The molecule has 0 fully saturated rings. The van der Waals surface area contributed by atoms with Gasteiger partial charge in [0.15, 0.2) is 0 Å². The molecule has 4 nitrogen and oxygen atoms in total. The van der Waals surface area contributed by atoms with E-state index in [1.807, 2.05) is 13.2 Å². The Morgan fingerprint density at radius 3 is 2.58 bits per heavy atom. The standard InChI is InChI=1S/C12H19BrN2O2S2/c1-4-10(8-18-3)15(2)19(16,17)12-6-5-9(13)7-11(12)14/h5-7,10H,4,8,14H2,1-3H3. The van der Waals surface area contributed by atoms with E-state index in [0.29, 0.717) is 0 Å². The molecular formula is C12H19BrN2O2S2. The summed E-state index contributed by atoms with van der Waals surface area (Å²) in [4.78, 5) is 0.165. The molecule has 0 saturated carbocycles. The average Bonchev–Trinajstić information content (AvgIpc) is 2.34. The van der Waals surface area contributed by atoms with E-state index in [1.165, 1.54) is 10.4 Å². The Bertz CT molecular complexity index is 535. The Morgan fingerprint density at radius 2 is 2.11 bits per heavy atom. The highest BCUT2D eigenvalue weighted by Crippen LogP contribution is 2.27. The van der Waals surface area contributed by atoms with Crippen LogP contribution >= 0.6 is 27.7 Å². The maximum absolute atomic E-state index is 12.6. The van der Waals surface area contributed by atoms with Crippen molar-refractivity contribution in [2.45, 2.75) is 24.3 Å². The van der Waals surface area contributed by atoms with E-state index < -0.39 is 10.0 Å². The van der Waals surface area contributed by atoms with Crippen molar-refractivity contribution in [2.75, 3.05) is 24.8 Å². The monoisotopic (exact) mass is 366 g/mol. The van der Waals surface area contributed by atoms with Crippen molar-refractivity contribution >= 4 is 43.4 Å². The number of hydrogen-bond donors (Lipinski definition) is 1. The molecule has 1 atom stereocenters. The van der Waals surface area contributed by atoms with Crippen molar-refractivity contribution in [1.82, 2.24) is 4.31 Å². The van der Waals surface area contributed by atoms with Crippen LogP contribution in [-0.4, -0.2) is 37.8 Å².